The van der Waals surface area contributed by atoms with E-state index in [1.807, 2.05) is 7.05 Å². The Kier molecular flexibility index (Phi) is 2.55. The van der Waals surface area contributed by atoms with Crippen molar-refractivity contribution in [2.24, 2.45) is 0 Å². The highest BCUT2D eigenvalue weighted by Crippen LogP contribution is 2.30. The number of nitrogens with one attached hydrogen (secondary N) is 2. The van der Waals surface area contributed by atoms with Crippen molar-refractivity contribution >= 4 is 10.9 Å². The molecule has 1 heterocycles. The van der Waals surface area contributed by atoms with E-state index in [-0.39, 0.29) is 5.54 Å². The van der Waals surface area contributed by atoms with Gasteiger partial charge in [-0.3, -0.25) is 0 Å². The normalized spacial score (nSPS) is 12.3. The second-order valence-corrected chi connectivity index (χ2v) is 5.01. The van der Waals surface area contributed by atoms with Crippen molar-refractivity contribution in [3.8, 4) is 0 Å². The zero-order chi connectivity index (χ0) is 11.9. The molecule has 2 aromatic rings. The van der Waals surface area contributed by atoms with Crippen LogP contribution in [0.2, 0.25) is 0 Å². The van der Waals surface area contributed by atoms with Gasteiger partial charge in [-0.05, 0) is 51.4 Å². The average Bonchev–Trinajstić information content (AvgIpc) is 2.68. The van der Waals surface area contributed by atoms with Crippen molar-refractivity contribution in [2.75, 3.05) is 7.05 Å². The summed E-state index contributed by atoms with van der Waals surface area (Å²) < 4.78 is 0. The first-order chi connectivity index (χ1) is 7.47. The van der Waals surface area contributed by atoms with E-state index >= 15 is 0 Å². The lowest BCUT2D eigenvalue weighted by molar-refractivity contribution is 0.448. The third-order valence-electron chi connectivity index (χ3n) is 3.69. The molecular weight excluding hydrogens is 196 g/mol. The van der Waals surface area contributed by atoms with Crippen LogP contribution in [0, 0.1) is 13.8 Å². The molecule has 1 aromatic heterocycles. The molecule has 0 saturated heterocycles. The lowest BCUT2D eigenvalue weighted by Gasteiger charge is -2.23. The molecule has 0 aliphatic rings. The van der Waals surface area contributed by atoms with E-state index < -0.39 is 0 Å². The number of hydrogen-bond acceptors (Lipinski definition) is 1. The van der Waals surface area contributed by atoms with Crippen molar-refractivity contribution in [3.05, 3.63) is 35.0 Å². The van der Waals surface area contributed by atoms with E-state index in [1.54, 1.807) is 0 Å². The second-order valence-electron chi connectivity index (χ2n) is 5.01. The third kappa shape index (κ3) is 1.54. The fraction of sp³-hybridized carbons (Fsp3) is 0.429. The summed E-state index contributed by atoms with van der Waals surface area (Å²) in [5, 5.41) is 4.67. The van der Waals surface area contributed by atoms with Crippen LogP contribution in [-0.4, -0.2) is 12.0 Å². The maximum absolute atomic E-state index is 3.40. The number of fused-ring (bicyclic) bond motifs is 1. The second kappa shape index (κ2) is 3.63. The Hall–Kier alpha value is -1.28. The maximum Gasteiger partial charge on any atom is 0.0489 e. The molecule has 0 fully saturated rings. The van der Waals surface area contributed by atoms with Gasteiger partial charge in [0.05, 0.1) is 0 Å². The SMILES string of the molecule is CNC(C)(C)c1c[nH]c2c(C)c(C)ccc12. The molecule has 16 heavy (non-hydrogen) atoms. The van der Waals surface area contributed by atoms with Gasteiger partial charge in [-0.25, -0.2) is 0 Å². The zero-order valence-corrected chi connectivity index (χ0v) is 10.7. The number of aryl methyl sites for hydroxylation is 2. The standard InChI is InChI=1S/C14H20N2/c1-9-6-7-11-12(14(3,4)15-5)8-16-13(11)10(9)2/h6-8,15-16H,1-5H3. The Labute approximate surface area is 97.1 Å². The molecule has 0 bridgehead atoms. The fourth-order valence-corrected chi connectivity index (χ4v) is 2.10. The fourth-order valence-electron chi connectivity index (χ4n) is 2.10. The van der Waals surface area contributed by atoms with E-state index in [0.717, 1.165) is 0 Å². The largest absolute Gasteiger partial charge is 0.361 e. The Morgan fingerprint density at radius 3 is 2.50 bits per heavy atom. The Morgan fingerprint density at radius 2 is 1.88 bits per heavy atom. The Balaban J connectivity index is 2.72. The van der Waals surface area contributed by atoms with Crippen LogP contribution in [0.1, 0.15) is 30.5 Å². The van der Waals surface area contributed by atoms with Crippen molar-refractivity contribution in [2.45, 2.75) is 33.2 Å². The van der Waals surface area contributed by atoms with Crippen molar-refractivity contribution < 1.29 is 0 Å². The molecule has 1 aromatic carbocycles. The molecule has 0 aliphatic heterocycles. The van der Waals surface area contributed by atoms with E-state index in [9.17, 15) is 0 Å². The van der Waals surface area contributed by atoms with Gasteiger partial charge in [0.2, 0.25) is 0 Å². The van der Waals surface area contributed by atoms with E-state index in [4.69, 9.17) is 0 Å². The highest BCUT2D eigenvalue weighted by Gasteiger charge is 2.21. The molecule has 0 saturated carbocycles. The monoisotopic (exact) mass is 216 g/mol. The van der Waals surface area contributed by atoms with Gasteiger partial charge in [0.25, 0.3) is 0 Å². The summed E-state index contributed by atoms with van der Waals surface area (Å²) in [7, 11) is 2.00. The van der Waals surface area contributed by atoms with Gasteiger partial charge in [-0.1, -0.05) is 12.1 Å². The quantitative estimate of drug-likeness (QED) is 0.792. The molecule has 0 unspecified atom stereocenters. The maximum atomic E-state index is 3.40. The number of H-pyrrole nitrogens is 1. The zero-order valence-electron chi connectivity index (χ0n) is 10.7. The van der Waals surface area contributed by atoms with Crippen LogP contribution in [-0.2, 0) is 5.54 Å². The van der Waals surface area contributed by atoms with Crippen LogP contribution < -0.4 is 5.32 Å². The summed E-state index contributed by atoms with van der Waals surface area (Å²) >= 11 is 0. The Bertz CT molecular complexity index is 521. The minimum Gasteiger partial charge on any atom is -0.361 e. The van der Waals surface area contributed by atoms with Gasteiger partial charge in [0, 0.05) is 22.6 Å². The van der Waals surface area contributed by atoms with Crippen LogP contribution >= 0.6 is 0 Å². The first-order valence-corrected chi connectivity index (χ1v) is 5.74. The molecular formula is C14H20N2. The molecule has 2 heteroatoms. The predicted octanol–water partition coefficient (Wildman–Crippen LogP) is 3.24. The Morgan fingerprint density at radius 1 is 1.19 bits per heavy atom. The third-order valence-corrected chi connectivity index (χ3v) is 3.69. The molecule has 2 N–H and O–H groups in total. The van der Waals surface area contributed by atoms with E-state index in [0.29, 0.717) is 0 Å². The molecule has 2 rings (SSSR count). The lowest BCUT2D eigenvalue weighted by Crippen LogP contribution is -2.32. The topological polar surface area (TPSA) is 27.8 Å². The number of benzene rings is 1. The summed E-state index contributed by atoms with van der Waals surface area (Å²) in [6.07, 6.45) is 2.12. The van der Waals surface area contributed by atoms with Crippen LogP contribution in [0.3, 0.4) is 0 Å². The molecule has 0 spiro atoms. The van der Waals surface area contributed by atoms with Crippen LogP contribution in [0.15, 0.2) is 18.3 Å². The van der Waals surface area contributed by atoms with Gasteiger partial charge in [-0.2, -0.15) is 0 Å². The van der Waals surface area contributed by atoms with Gasteiger partial charge < -0.3 is 10.3 Å². The molecule has 86 valence electrons. The van der Waals surface area contributed by atoms with Gasteiger partial charge in [-0.15, -0.1) is 0 Å². The number of aromatic amines is 1. The predicted molar refractivity (Wildman–Crippen MR) is 69.9 cm³/mol. The summed E-state index contributed by atoms with van der Waals surface area (Å²) in [4.78, 5) is 3.40. The smallest absolute Gasteiger partial charge is 0.0489 e. The van der Waals surface area contributed by atoms with E-state index in [2.05, 4.69) is 56.3 Å². The highest BCUT2D eigenvalue weighted by atomic mass is 14.9. The minimum absolute atomic E-state index is 0.0000515. The van der Waals surface area contributed by atoms with Crippen molar-refractivity contribution in [1.82, 2.24) is 10.3 Å². The number of rotatable bonds is 2. The van der Waals surface area contributed by atoms with Crippen molar-refractivity contribution in [3.63, 3.8) is 0 Å². The highest BCUT2D eigenvalue weighted by molar-refractivity contribution is 5.87. The van der Waals surface area contributed by atoms with Crippen LogP contribution in [0.4, 0.5) is 0 Å². The summed E-state index contributed by atoms with van der Waals surface area (Å²) in [5.74, 6) is 0. The van der Waals surface area contributed by atoms with Crippen LogP contribution in [0.25, 0.3) is 10.9 Å². The first kappa shape index (κ1) is 11.2. The lowest BCUT2D eigenvalue weighted by atomic mass is 9.93. The van der Waals surface area contributed by atoms with E-state index in [1.165, 1.54) is 27.6 Å². The van der Waals surface area contributed by atoms with Gasteiger partial charge in [0.1, 0.15) is 0 Å². The number of aromatic nitrogens is 1. The molecule has 0 radical (unpaired) electrons. The summed E-state index contributed by atoms with van der Waals surface area (Å²) in [6.45, 7) is 8.72. The summed E-state index contributed by atoms with van der Waals surface area (Å²) in [6, 6.07) is 4.41. The molecule has 0 aliphatic carbocycles. The van der Waals surface area contributed by atoms with Crippen LogP contribution in [0.5, 0.6) is 0 Å². The molecule has 0 atom stereocenters. The average molecular weight is 216 g/mol. The first-order valence-electron chi connectivity index (χ1n) is 5.74. The summed E-state index contributed by atoms with van der Waals surface area (Å²) in [5.41, 5.74) is 5.27. The van der Waals surface area contributed by atoms with Gasteiger partial charge >= 0.3 is 0 Å². The minimum atomic E-state index is -0.0000515. The number of hydrogen-bond donors (Lipinski definition) is 2. The van der Waals surface area contributed by atoms with Crippen molar-refractivity contribution in [1.29, 1.82) is 0 Å². The van der Waals surface area contributed by atoms with Gasteiger partial charge in [0.15, 0.2) is 0 Å². The molecule has 2 nitrogen and oxygen atoms in total. The molecule has 0 amide bonds.